The molecule has 0 saturated carbocycles. The first kappa shape index (κ1) is 27.3. The Kier molecular flexibility index (Phi) is 9.15. The van der Waals surface area contributed by atoms with Gasteiger partial charge < -0.3 is 19.9 Å². The molecule has 0 aliphatic carbocycles. The molecular weight excluding hydrogens is 504 g/mol. The van der Waals surface area contributed by atoms with Gasteiger partial charge in [-0.25, -0.2) is 13.4 Å². The molecule has 38 heavy (non-hydrogen) atoms. The Hall–Kier alpha value is -3.69. The molecule has 200 valence electrons. The average molecular weight is 537 g/mol. The first-order valence-corrected chi connectivity index (χ1v) is 14.2. The molecule has 8 nitrogen and oxygen atoms in total. The van der Waals surface area contributed by atoms with Crippen LogP contribution in [0.2, 0.25) is 0 Å². The summed E-state index contributed by atoms with van der Waals surface area (Å²) in [5, 5.41) is 11.9. The molecule has 2 N–H and O–H groups in total. The molecule has 0 saturated heterocycles. The summed E-state index contributed by atoms with van der Waals surface area (Å²) in [6.07, 6.45) is 1.15. The van der Waals surface area contributed by atoms with Crippen LogP contribution in [0.4, 0.5) is 0 Å². The summed E-state index contributed by atoms with van der Waals surface area (Å²) in [5.41, 5.74) is 0.371. The number of nitrogens with one attached hydrogen (secondary N) is 1. The second-order valence-corrected chi connectivity index (χ2v) is 11.2. The highest BCUT2D eigenvalue weighted by Gasteiger charge is 2.45. The van der Waals surface area contributed by atoms with E-state index in [-0.39, 0.29) is 42.1 Å². The van der Waals surface area contributed by atoms with Crippen LogP contribution in [0.1, 0.15) is 24.0 Å². The fourth-order valence-corrected chi connectivity index (χ4v) is 5.49. The quantitative estimate of drug-likeness (QED) is 0.325. The lowest BCUT2D eigenvalue weighted by atomic mass is 9.97. The highest BCUT2D eigenvalue weighted by Crippen LogP contribution is 2.28. The van der Waals surface area contributed by atoms with Crippen molar-refractivity contribution in [2.24, 2.45) is 4.99 Å². The molecule has 0 fully saturated rings. The highest BCUT2D eigenvalue weighted by molar-refractivity contribution is 7.91. The van der Waals surface area contributed by atoms with Crippen LogP contribution in [0.5, 0.6) is 5.75 Å². The standard InChI is InChI=1S/C29H32N2O6S/c32-19-7-20-36-25-14-12-24(13-15-25)27-31-29(22-37-27,17-21-38(34,35)26-10-5-2-6-11-26)28(33)30-18-16-23-8-3-1-4-9-23/h1-6,8-15,32H,7,16-22H2,(H,30,33)/t29-/m1/s1. The number of ether oxygens (including phenoxy) is 2. The fourth-order valence-electron chi connectivity index (χ4n) is 4.08. The van der Waals surface area contributed by atoms with Gasteiger partial charge in [0.1, 0.15) is 12.4 Å². The molecule has 4 rings (SSSR count). The molecule has 3 aromatic rings. The normalized spacial score (nSPS) is 16.9. The number of benzene rings is 3. The van der Waals surface area contributed by atoms with Crippen LogP contribution in [0.3, 0.4) is 0 Å². The summed E-state index contributed by atoms with van der Waals surface area (Å²) in [7, 11) is -3.62. The van der Waals surface area contributed by atoms with Gasteiger partial charge in [-0.2, -0.15) is 0 Å². The minimum absolute atomic E-state index is 0.0206. The lowest BCUT2D eigenvalue weighted by Crippen LogP contribution is -2.48. The van der Waals surface area contributed by atoms with E-state index in [4.69, 9.17) is 14.6 Å². The minimum atomic E-state index is -3.62. The Bertz CT molecular complexity index is 1330. The van der Waals surface area contributed by atoms with E-state index in [0.29, 0.717) is 37.3 Å². The van der Waals surface area contributed by atoms with E-state index in [1.54, 1.807) is 54.6 Å². The lowest BCUT2D eigenvalue weighted by Gasteiger charge is -2.23. The third-order valence-electron chi connectivity index (χ3n) is 6.29. The fraction of sp³-hybridized carbons (Fsp3) is 0.310. The maximum Gasteiger partial charge on any atom is 0.251 e. The van der Waals surface area contributed by atoms with E-state index in [2.05, 4.69) is 10.3 Å². The zero-order chi connectivity index (χ0) is 26.8. The highest BCUT2D eigenvalue weighted by atomic mass is 32.2. The maximum absolute atomic E-state index is 13.5. The topological polar surface area (TPSA) is 114 Å². The van der Waals surface area contributed by atoms with Gasteiger partial charge in [0.15, 0.2) is 15.4 Å². The van der Waals surface area contributed by atoms with Crippen molar-refractivity contribution >= 4 is 21.6 Å². The summed E-state index contributed by atoms with van der Waals surface area (Å²) in [6, 6.07) is 25.1. The number of nitrogens with zero attached hydrogens (tertiary/aromatic N) is 1. The molecule has 1 aliphatic rings. The van der Waals surface area contributed by atoms with Crippen molar-refractivity contribution in [3.63, 3.8) is 0 Å². The predicted octanol–water partition coefficient (Wildman–Crippen LogP) is 3.19. The van der Waals surface area contributed by atoms with Crippen molar-refractivity contribution in [3.05, 3.63) is 96.1 Å². The van der Waals surface area contributed by atoms with Gasteiger partial charge >= 0.3 is 0 Å². The SMILES string of the molecule is O=C(NCCc1ccccc1)[C@@]1(CCS(=O)(=O)c2ccccc2)COC(c2ccc(OCCCO)cc2)=N1. The molecule has 1 aliphatic heterocycles. The molecule has 0 unspecified atom stereocenters. The number of aliphatic imine (C=N–C) groups is 1. The first-order valence-electron chi connectivity index (χ1n) is 12.6. The predicted molar refractivity (Wildman–Crippen MR) is 145 cm³/mol. The second-order valence-electron chi connectivity index (χ2n) is 9.06. The molecule has 9 heteroatoms. The van der Waals surface area contributed by atoms with Crippen molar-refractivity contribution in [2.75, 3.05) is 32.1 Å². The van der Waals surface area contributed by atoms with Crippen LogP contribution < -0.4 is 10.1 Å². The lowest BCUT2D eigenvalue weighted by molar-refractivity contribution is -0.126. The molecule has 0 radical (unpaired) electrons. The Morgan fingerprint density at radius 2 is 1.68 bits per heavy atom. The number of amides is 1. The van der Waals surface area contributed by atoms with Crippen molar-refractivity contribution < 1.29 is 27.8 Å². The Morgan fingerprint density at radius 1 is 1.00 bits per heavy atom. The molecule has 1 heterocycles. The van der Waals surface area contributed by atoms with Crippen LogP contribution in [0.15, 0.2) is 94.8 Å². The van der Waals surface area contributed by atoms with Gasteiger partial charge in [0.2, 0.25) is 5.90 Å². The van der Waals surface area contributed by atoms with E-state index in [1.165, 1.54) is 0 Å². The minimum Gasteiger partial charge on any atom is -0.494 e. The van der Waals surface area contributed by atoms with E-state index >= 15 is 0 Å². The van der Waals surface area contributed by atoms with E-state index < -0.39 is 15.4 Å². The first-order chi connectivity index (χ1) is 18.4. The Balaban J connectivity index is 1.51. The zero-order valence-electron chi connectivity index (χ0n) is 21.1. The number of aliphatic hydroxyl groups is 1. The van der Waals surface area contributed by atoms with E-state index in [0.717, 1.165) is 5.56 Å². The van der Waals surface area contributed by atoms with Gasteiger partial charge in [-0.05, 0) is 54.8 Å². The number of carbonyl (C=O) groups excluding carboxylic acids is 1. The summed E-state index contributed by atoms with van der Waals surface area (Å²) < 4.78 is 37.4. The van der Waals surface area contributed by atoms with Crippen molar-refractivity contribution in [1.29, 1.82) is 0 Å². The van der Waals surface area contributed by atoms with Gasteiger partial charge in [0, 0.05) is 25.1 Å². The molecule has 0 spiro atoms. The third kappa shape index (κ3) is 6.99. The molecule has 0 aromatic heterocycles. The van der Waals surface area contributed by atoms with Crippen molar-refractivity contribution in [1.82, 2.24) is 5.32 Å². The van der Waals surface area contributed by atoms with Crippen molar-refractivity contribution in [3.8, 4) is 5.75 Å². The molecule has 1 amide bonds. The largest absolute Gasteiger partial charge is 0.494 e. The zero-order valence-corrected chi connectivity index (χ0v) is 21.9. The van der Waals surface area contributed by atoms with E-state index in [1.807, 2.05) is 30.3 Å². The molecular formula is C29H32N2O6S. The number of hydrogen-bond donors (Lipinski definition) is 2. The van der Waals surface area contributed by atoms with Gasteiger partial charge in [-0.1, -0.05) is 48.5 Å². The van der Waals surface area contributed by atoms with E-state index in [9.17, 15) is 13.2 Å². The number of carbonyl (C=O) groups is 1. The van der Waals surface area contributed by atoms with Crippen molar-refractivity contribution in [2.45, 2.75) is 29.7 Å². The summed E-state index contributed by atoms with van der Waals surface area (Å²) in [4.78, 5) is 18.3. The Labute approximate surface area is 223 Å². The second kappa shape index (κ2) is 12.7. The molecule has 3 aromatic carbocycles. The number of rotatable bonds is 13. The summed E-state index contributed by atoms with van der Waals surface area (Å²) >= 11 is 0. The van der Waals surface area contributed by atoms with Crippen LogP contribution >= 0.6 is 0 Å². The smallest absolute Gasteiger partial charge is 0.251 e. The molecule has 0 bridgehead atoms. The summed E-state index contributed by atoms with van der Waals surface area (Å²) in [6.45, 7) is 0.785. The van der Waals surface area contributed by atoms with Gasteiger partial charge in [0.05, 0.1) is 17.3 Å². The number of hydrogen-bond acceptors (Lipinski definition) is 7. The monoisotopic (exact) mass is 536 g/mol. The number of sulfone groups is 1. The van der Waals surface area contributed by atoms with Crippen LogP contribution in [0, 0.1) is 0 Å². The summed E-state index contributed by atoms with van der Waals surface area (Å²) in [5.74, 6) is 0.304. The van der Waals surface area contributed by atoms with Gasteiger partial charge in [-0.3, -0.25) is 4.79 Å². The molecule has 1 atom stereocenters. The number of aliphatic hydroxyl groups excluding tert-OH is 1. The Morgan fingerprint density at radius 3 is 2.37 bits per heavy atom. The third-order valence-corrected chi connectivity index (χ3v) is 8.02. The average Bonchev–Trinajstić information content (AvgIpc) is 3.39. The van der Waals surface area contributed by atoms with Gasteiger partial charge in [0.25, 0.3) is 5.91 Å². The van der Waals surface area contributed by atoms with Crippen LogP contribution in [0.25, 0.3) is 0 Å². The van der Waals surface area contributed by atoms with Crippen LogP contribution in [-0.2, 0) is 25.8 Å². The van der Waals surface area contributed by atoms with Crippen LogP contribution in [-0.4, -0.2) is 63.0 Å². The maximum atomic E-state index is 13.5. The van der Waals surface area contributed by atoms with Gasteiger partial charge in [-0.15, -0.1) is 0 Å².